The number of pyridine rings is 1. The average Bonchev–Trinajstić information content (AvgIpc) is 3.08. The van der Waals surface area contributed by atoms with Gasteiger partial charge < -0.3 is 10.5 Å². The molecule has 136 valence electrons. The van der Waals surface area contributed by atoms with E-state index in [2.05, 4.69) is 32.9 Å². The predicted octanol–water partition coefficient (Wildman–Crippen LogP) is 2.75. The highest BCUT2D eigenvalue weighted by atomic mass is 35.5. The van der Waals surface area contributed by atoms with E-state index in [-0.39, 0.29) is 12.1 Å². The number of nitrogens with one attached hydrogen (secondary N) is 2. The molecule has 0 bridgehead atoms. The highest BCUT2D eigenvalue weighted by Crippen LogP contribution is 2.35. The van der Waals surface area contributed by atoms with Gasteiger partial charge in [-0.05, 0) is 48.2 Å². The van der Waals surface area contributed by atoms with Crippen molar-refractivity contribution in [3.8, 4) is 0 Å². The summed E-state index contributed by atoms with van der Waals surface area (Å²) in [5.74, 6) is 0. The first kappa shape index (κ1) is 17.5. The van der Waals surface area contributed by atoms with Gasteiger partial charge >= 0.3 is 0 Å². The molecule has 1 aromatic carbocycles. The molecule has 3 heterocycles. The van der Waals surface area contributed by atoms with Gasteiger partial charge in [-0.15, -0.1) is 0 Å². The fourth-order valence-electron chi connectivity index (χ4n) is 3.68. The summed E-state index contributed by atoms with van der Waals surface area (Å²) in [6.45, 7) is 2.67. The van der Waals surface area contributed by atoms with Crippen LogP contribution in [-0.2, 0) is 0 Å². The van der Waals surface area contributed by atoms with E-state index >= 15 is 0 Å². The van der Waals surface area contributed by atoms with Gasteiger partial charge in [0.15, 0.2) is 0 Å². The lowest BCUT2D eigenvalue weighted by Crippen LogP contribution is -2.39. The van der Waals surface area contributed by atoms with E-state index in [0.29, 0.717) is 0 Å². The summed E-state index contributed by atoms with van der Waals surface area (Å²) < 4.78 is 0. The number of halogens is 1. The zero-order chi connectivity index (χ0) is 17.9. The van der Waals surface area contributed by atoms with E-state index in [1.165, 1.54) is 11.3 Å². The van der Waals surface area contributed by atoms with Gasteiger partial charge in [0.05, 0.1) is 12.1 Å². The molecule has 2 aliphatic rings. The van der Waals surface area contributed by atoms with Crippen molar-refractivity contribution < 1.29 is 5.11 Å². The van der Waals surface area contributed by atoms with Gasteiger partial charge in [0.2, 0.25) is 0 Å². The van der Waals surface area contributed by atoms with Crippen molar-refractivity contribution in [1.29, 1.82) is 0 Å². The zero-order valence-electron chi connectivity index (χ0n) is 14.5. The molecule has 0 radical (unpaired) electrons. The topological polar surface area (TPSA) is 60.4 Å². The van der Waals surface area contributed by atoms with Crippen molar-refractivity contribution in [2.45, 2.75) is 25.0 Å². The van der Waals surface area contributed by atoms with Crippen molar-refractivity contribution in [1.82, 2.24) is 20.7 Å². The number of aliphatic hydroxyl groups excluding tert-OH is 1. The molecule has 5 nitrogen and oxygen atoms in total. The first-order valence-electron chi connectivity index (χ1n) is 9.01. The fourth-order valence-corrected chi connectivity index (χ4v) is 3.80. The van der Waals surface area contributed by atoms with Crippen molar-refractivity contribution in [3.05, 3.63) is 70.6 Å². The van der Waals surface area contributed by atoms with Crippen LogP contribution in [0.5, 0.6) is 0 Å². The van der Waals surface area contributed by atoms with E-state index < -0.39 is 0 Å². The molecule has 6 heteroatoms. The Kier molecular flexibility index (Phi) is 5.22. The molecule has 1 aromatic heterocycles. The molecule has 4 rings (SSSR count). The Morgan fingerprint density at radius 1 is 1.08 bits per heavy atom. The fraction of sp³-hybridized carbons (Fsp3) is 0.350. The molecule has 2 aliphatic heterocycles. The first-order valence-corrected chi connectivity index (χ1v) is 9.39. The third-order valence-electron chi connectivity index (χ3n) is 5.11. The van der Waals surface area contributed by atoms with Crippen LogP contribution in [-0.4, -0.2) is 40.7 Å². The molecule has 0 saturated carbocycles. The minimum absolute atomic E-state index is 0.0556. The van der Waals surface area contributed by atoms with Crippen molar-refractivity contribution >= 4 is 17.2 Å². The van der Waals surface area contributed by atoms with Crippen molar-refractivity contribution in [2.24, 2.45) is 0 Å². The normalized spacial score (nSPS) is 21.8. The number of aromatic nitrogens is 1. The van der Waals surface area contributed by atoms with Gasteiger partial charge in [0, 0.05) is 48.3 Å². The Balaban J connectivity index is 1.65. The summed E-state index contributed by atoms with van der Waals surface area (Å²) in [5, 5.41) is 10.5. The average molecular weight is 371 g/mol. The number of rotatable bonds is 4. The van der Waals surface area contributed by atoms with Crippen LogP contribution in [0.25, 0.3) is 5.57 Å². The van der Waals surface area contributed by atoms with Gasteiger partial charge in [0.25, 0.3) is 0 Å². The summed E-state index contributed by atoms with van der Waals surface area (Å²) in [6.07, 6.45) is 5.18. The Morgan fingerprint density at radius 2 is 1.77 bits per heavy atom. The maximum atomic E-state index is 9.75. The summed E-state index contributed by atoms with van der Waals surface area (Å²) in [5.41, 5.74) is 11.6. The van der Waals surface area contributed by atoms with E-state index in [4.69, 9.17) is 11.6 Å². The molecule has 1 fully saturated rings. The van der Waals surface area contributed by atoms with Gasteiger partial charge in [-0.25, -0.2) is 5.43 Å². The third-order valence-corrected chi connectivity index (χ3v) is 5.37. The summed E-state index contributed by atoms with van der Waals surface area (Å²) in [7, 11) is 0. The number of hydrazine groups is 1. The number of piperidine rings is 1. The molecule has 0 amide bonds. The van der Waals surface area contributed by atoms with E-state index in [1.54, 1.807) is 0 Å². The van der Waals surface area contributed by atoms with Crippen molar-refractivity contribution in [2.75, 3.05) is 19.6 Å². The largest absolute Gasteiger partial charge is 0.393 e. The van der Waals surface area contributed by atoms with Gasteiger partial charge in [0.1, 0.15) is 0 Å². The number of hydrogen-bond acceptors (Lipinski definition) is 5. The van der Waals surface area contributed by atoms with Gasteiger partial charge in [-0.2, -0.15) is 0 Å². The lowest BCUT2D eigenvalue weighted by atomic mass is 9.93. The van der Waals surface area contributed by atoms with Crippen LogP contribution in [0.1, 0.15) is 30.0 Å². The van der Waals surface area contributed by atoms with Crippen LogP contribution < -0.4 is 10.9 Å². The van der Waals surface area contributed by atoms with E-state index in [1.807, 2.05) is 36.7 Å². The second-order valence-corrected chi connectivity index (χ2v) is 7.33. The standard InChI is InChI=1S/C20H23ClN4O/c21-16-3-1-15(2-4-16)20-19(14-5-9-22-10-6-14)18(23-24-20)13-25-11-7-17(26)8-12-25/h1-6,9-10,17,20,23-24,26H,7-8,11-13H2. The Hall–Kier alpha value is -1.92. The first-order chi connectivity index (χ1) is 12.7. The number of aliphatic hydroxyl groups is 1. The van der Waals surface area contributed by atoms with Crippen molar-refractivity contribution in [3.63, 3.8) is 0 Å². The molecule has 1 atom stereocenters. The smallest absolute Gasteiger partial charge is 0.0783 e. The second kappa shape index (κ2) is 7.76. The molecule has 2 aromatic rings. The molecule has 3 N–H and O–H groups in total. The summed E-state index contributed by atoms with van der Waals surface area (Å²) in [4.78, 5) is 6.55. The lowest BCUT2D eigenvalue weighted by molar-refractivity contribution is 0.0863. The quantitative estimate of drug-likeness (QED) is 0.772. The zero-order valence-corrected chi connectivity index (χ0v) is 15.3. The Morgan fingerprint density at radius 3 is 2.46 bits per heavy atom. The molecule has 26 heavy (non-hydrogen) atoms. The van der Waals surface area contributed by atoms with Crippen LogP contribution in [0.3, 0.4) is 0 Å². The maximum absolute atomic E-state index is 9.75. The second-order valence-electron chi connectivity index (χ2n) is 6.89. The molecule has 1 unspecified atom stereocenters. The maximum Gasteiger partial charge on any atom is 0.0783 e. The van der Waals surface area contributed by atoms with Crippen LogP contribution in [0.4, 0.5) is 0 Å². The summed E-state index contributed by atoms with van der Waals surface area (Å²) in [6, 6.07) is 12.1. The molecular weight excluding hydrogens is 348 g/mol. The minimum Gasteiger partial charge on any atom is -0.393 e. The van der Waals surface area contributed by atoms with Crippen LogP contribution in [0, 0.1) is 0 Å². The van der Waals surface area contributed by atoms with E-state index in [9.17, 15) is 5.11 Å². The molecule has 1 saturated heterocycles. The molecule has 0 aliphatic carbocycles. The third kappa shape index (κ3) is 3.76. The van der Waals surface area contributed by atoms with Crippen LogP contribution in [0.2, 0.25) is 5.02 Å². The Bertz CT molecular complexity index is 770. The highest BCUT2D eigenvalue weighted by Gasteiger charge is 2.29. The SMILES string of the molecule is OC1CCN(CC2=C(c3ccncc3)C(c3ccc(Cl)cc3)NN2)CC1. The molecular formula is C20H23ClN4O. The van der Waals surface area contributed by atoms with Crippen LogP contribution in [0.15, 0.2) is 54.5 Å². The monoisotopic (exact) mass is 370 g/mol. The number of hydrogen-bond donors (Lipinski definition) is 3. The van der Waals surface area contributed by atoms with Gasteiger partial charge in [-0.3, -0.25) is 9.88 Å². The Labute approximate surface area is 158 Å². The highest BCUT2D eigenvalue weighted by molar-refractivity contribution is 6.30. The number of nitrogens with zero attached hydrogens (tertiary/aromatic N) is 2. The number of likely N-dealkylation sites (tertiary alicyclic amines) is 1. The lowest BCUT2D eigenvalue weighted by Gasteiger charge is -2.30. The summed E-state index contributed by atoms with van der Waals surface area (Å²) >= 11 is 6.06. The minimum atomic E-state index is -0.156. The van der Waals surface area contributed by atoms with E-state index in [0.717, 1.165) is 48.6 Å². The van der Waals surface area contributed by atoms with Gasteiger partial charge in [-0.1, -0.05) is 23.7 Å². The number of benzene rings is 1. The predicted molar refractivity (Wildman–Crippen MR) is 103 cm³/mol. The molecule has 0 spiro atoms. The van der Waals surface area contributed by atoms with Crippen LogP contribution >= 0.6 is 11.6 Å².